The highest BCUT2D eigenvalue weighted by molar-refractivity contribution is 5.65. The molecule has 0 saturated carbocycles. The predicted octanol–water partition coefficient (Wildman–Crippen LogP) is 2.26. The van der Waals surface area contributed by atoms with Gasteiger partial charge in [0.1, 0.15) is 5.75 Å². The fraction of sp³-hybridized carbons (Fsp3) is 0.214. The molecule has 18 heavy (non-hydrogen) atoms. The first-order chi connectivity index (χ1) is 8.75. The summed E-state index contributed by atoms with van der Waals surface area (Å²) in [7, 11) is 0. The molecule has 0 unspecified atom stereocenters. The third kappa shape index (κ3) is 3.38. The maximum absolute atomic E-state index is 5.70. The van der Waals surface area contributed by atoms with Crippen molar-refractivity contribution in [1.82, 2.24) is 4.98 Å². The van der Waals surface area contributed by atoms with E-state index >= 15 is 0 Å². The van der Waals surface area contributed by atoms with Crippen LogP contribution in [0.4, 0.5) is 11.4 Å². The number of anilines is 2. The molecule has 4 nitrogen and oxygen atoms in total. The van der Waals surface area contributed by atoms with E-state index in [0.29, 0.717) is 18.0 Å². The van der Waals surface area contributed by atoms with Crippen LogP contribution in [-0.2, 0) is 6.42 Å². The number of aromatic nitrogens is 1. The molecule has 1 aromatic heterocycles. The molecule has 4 heteroatoms. The summed E-state index contributed by atoms with van der Waals surface area (Å²) in [6, 6.07) is 9.37. The van der Waals surface area contributed by atoms with Crippen LogP contribution in [0.15, 0.2) is 42.7 Å². The van der Waals surface area contributed by atoms with Gasteiger partial charge in [0.25, 0.3) is 0 Å². The Morgan fingerprint density at radius 3 is 2.50 bits per heavy atom. The summed E-state index contributed by atoms with van der Waals surface area (Å²) in [6.07, 6.45) is 5.54. The van der Waals surface area contributed by atoms with Crippen LogP contribution >= 0.6 is 0 Å². The van der Waals surface area contributed by atoms with E-state index in [1.54, 1.807) is 24.5 Å². The second-order valence-electron chi connectivity index (χ2n) is 4.10. The zero-order valence-electron chi connectivity index (χ0n) is 10.2. The molecular weight excluding hydrogens is 226 g/mol. The van der Waals surface area contributed by atoms with Gasteiger partial charge < -0.3 is 16.2 Å². The Hall–Kier alpha value is -2.23. The van der Waals surface area contributed by atoms with Crippen LogP contribution in [0.3, 0.4) is 0 Å². The Bertz CT molecular complexity index is 500. The van der Waals surface area contributed by atoms with E-state index in [2.05, 4.69) is 4.98 Å². The molecule has 0 atom stereocenters. The van der Waals surface area contributed by atoms with Crippen molar-refractivity contribution in [3.05, 3.63) is 48.3 Å². The monoisotopic (exact) mass is 243 g/mol. The van der Waals surface area contributed by atoms with Gasteiger partial charge in [0.05, 0.1) is 18.0 Å². The lowest BCUT2D eigenvalue weighted by Gasteiger charge is -2.08. The van der Waals surface area contributed by atoms with Crippen molar-refractivity contribution < 1.29 is 4.74 Å². The Labute approximate surface area is 107 Å². The summed E-state index contributed by atoms with van der Waals surface area (Å²) in [5.74, 6) is 0.761. The maximum atomic E-state index is 5.70. The summed E-state index contributed by atoms with van der Waals surface area (Å²) in [5.41, 5.74) is 13.7. The Morgan fingerprint density at radius 2 is 1.78 bits per heavy atom. The van der Waals surface area contributed by atoms with Crippen molar-refractivity contribution in [2.75, 3.05) is 18.1 Å². The quantitative estimate of drug-likeness (QED) is 0.624. The van der Waals surface area contributed by atoms with E-state index in [1.165, 1.54) is 5.56 Å². The molecule has 0 radical (unpaired) electrons. The number of hydrogen-bond donors (Lipinski definition) is 2. The third-order valence-electron chi connectivity index (χ3n) is 2.69. The van der Waals surface area contributed by atoms with Gasteiger partial charge in [-0.2, -0.15) is 0 Å². The van der Waals surface area contributed by atoms with Crippen molar-refractivity contribution in [3.8, 4) is 5.75 Å². The zero-order valence-corrected chi connectivity index (χ0v) is 10.2. The minimum Gasteiger partial charge on any atom is -0.494 e. The largest absolute Gasteiger partial charge is 0.494 e. The molecule has 2 rings (SSSR count). The number of ether oxygens (including phenoxy) is 1. The average molecular weight is 243 g/mol. The Morgan fingerprint density at radius 1 is 1.00 bits per heavy atom. The zero-order chi connectivity index (χ0) is 12.8. The summed E-state index contributed by atoms with van der Waals surface area (Å²) >= 11 is 0. The lowest BCUT2D eigenvalue weighted by molar-refractivity contribution is 0.311. The third-order valence-corrected chi connectivity index (χ3v) is 2.69. The number of benzene rings is 1. The topological polar surface area (TPSA) is 74.2 Å². The molecule has 4 N–H and O–H groups in total. The molecule has 0 saturated heterocycles. The van der Waals surface area contributed by atoms with Crippen LogP contribution in [0.2, 0.25) is 0 Å². The van der Waals surface area contributed by atoms with Gasteiger partial charge in [-0.15, -0.1) is 0 Å². The first-order valence-corrected chi connectivity index (χ1v) is 5.92. The molecular formula is C14H17N3O. The van der Waals surface area contributed by atoms with Crippen LogP contribution in [-0.4, -0.2) is 11.6 Å². The van der Waals surface area contributed by atoms with Crippen molar-refractivity contribution in [2.45, 2.75) is 12.8 Å². The predicted molar refractivity (Wildman–Crippen MR) is 73.3 cm³/mol. The fourth-order valence-corrected chi connectivity index (χ4v) is 1.66. The first kappa shape index (κ1) is 12.2. The molecule has 0 bridgehead atoms. The van der Waals surface area contributed by atoms with E-state index in [9.17, 15) is 0 Å². The average Bonchev–Trinajstić information content (AvgIpc) is 2.40. The molecule has 0 aliphatic heterocycles. The van der Waals surface area contributed by atoms with E-state index < -0.39 is 0 Å². The van der Waals surface area contributed by atoms with Crippen molar-refractivity contribution in [3.63, 3.8) is 0 Å². The van der Waals surface area contributed by atoms with Gasteiger partial charge >= 0.3 is 0 Å². The number of nitrogen functional groups attached to an aromatic ring is 2. The minimum atomic E-state index is 0.557. The molecule has 94 valence electrons. The van der Waals surface area contributed by atoms with Crippen molar-refractivity contribution in [2.24, 2.45) is 0 Å². The molecule has 0 fully saturated rings. The minimum absolute atomic E-state index is 0.557. The van der Waals surface area contributed by atoms with Crippen molar-refractivity contribution >= 4 is 11.4 Å². The normalized spacial score (nSPS) is 10.2. The van der Waals surface area contributed by atoms with E-state index in [-0.39, 0.29) is 0 Å². The lowest BCUT2D eigenvalue weighted by atomic mass is 10.1. The lowest BCUT2D eigenvalue weighted by Crippen LogP contribution is -2.01. The van der Waals surface area contributed by atoms with E-state index in [1.807, 2.05) is 18.2 Å². The molecule has 0 spiro atoms. The highest BCUT2D eigenvalue weighted by Crippen LogP contribution is 2.21. The number of hydrogen-bond acceptors (Lipinski definition) is 4. The standard InChI is InChI=1S/C14H17N3O/c15-13-4-3-12(10-14(13)16)18-9-1-2-11-5-7-17-8-6-11/h3-8,10H,1-2,9,15-16H2. The van der Waals surface area contributed by atoms with Gasteiger partial charge in [0.2, 0.25) is 0 Å². The molecule has 2 aromatic rings. The molecule has 0 aliphatic rings. The SMILES string of the molecule is Nc1ccc(OCCCc2ccncc2)cc1N. The highest BCUT2D eigenvalue weighted by atomic mass is 16.5. The van der Waals surface area contributed by atoms with Crippen LogP contribution in [0.25, 0.3) is 0 Å². The number of nitrogens with two attached hydrogens (primary N) is 2. The first-order valence-electron chi connectivity index (χ1n) is 5.92. The molecule has 0 amide bonds. The van der Waals surface area contributed by atoms with E-state index in [0.717, 1.165) is 18.6 Å². The molecule has 0 aliphatic carbocycles. The smallest absolute Gasteiger partial charge is 0.121 e. The van der Waals surface area contributed by atoms with Gasteiger partial charge in [-0.05, 0) is 42.7 Å². The molecule has 1 heterocycles. The van der Waals surface area contributed by atoms with Crippen LogP contribution in [0.5, 0.6) is 5.75 Å². The van der Waals surface area contributed by atoms with Crippen LogP contribution < -0.4 is 16.2 Å². The summed E-state index contributed by atoms with van der Waals surface area (Å²) in [6.45, 7) is 0.658. The van der Waals surface area contributed by atoms with Crippen LogP contribution in [0, 0.1) is 0 Å². The highest BCUT2D eigenvalue weighted by Gasteiger charge is 1.98. The van der Waals surface area contributed by atoms with Gasteiger partial charge in [0.15, 0.2) is 0 Å². The number of rotatable bonds is 5. The fourth-order valence-electron chi connectivity index (χ4n) is 1.66. The summed E-state index contributed by atoms with van der Waals surface area (Å²) in [4.78, 5) is 3.98. The summed E-state index contributed by atoms with van der Waals surface area (Å²) in [5, 5.41) is 0. The van der Waals surface area contributed by atoms with Gasteiger partial charge in [-0.1, -0.05) is 0 Å². The maximum Gasteiger partial charge on any atom is 0.121 e. The Balaban J connectivity index is 1.77. The second-order valence-corrected chi connectivity index (χ2v) is 4.10. The van der Waals surface area contributed by atoms with Gasteiger partial charge in [-0.25, -0.2) is 0 Å². The van der Waals surface area contributed by atoms with Gasteiger partial charge in [-0.3, -0.25) is 4.98 Å². The number of aryl methyl sites for hydroxylation is 1. The molecule has 1 aromatic carbocycles. The van der Waals surface area contributed by atoms with Crippen LogP contribution in [0.1, 0.15) is 12.0 Å². The van der Waals surface area contributed by atoms with Crippen molar-refractivity contribution in [1.29, 1.82) is 0 Å². The Kier molecular flexibility index (Phi) is 4.02. The number of nitrogens with zero attached hydrogens (tertiary/aromatic N) is 1. The van der Waals surface area contributed by atoms with Gasteiger partial charge in [0, 0.05) is 18.5 Å². The summed E-state index contributed by atoms with van der Waals surface area (Å²) < 4.78 is 5.61. The van der Waals surface area contributed by atoms with E-state index in [4.69, 9.17) is 16.2 Å². The number of pyridine rings is 1. The second kappa shape index (κ2) is 5.91.